The van der Waals surface area contributed by atoms with Crippen molar-refractivity contribution in [2.24, 2.45) is 0 Å². The minimum atomic E-state index is -0.152. The molecule has 4 nitrogen and oxygen atoms in total. The van der Waals surface area contributed by atoms with Crippen molar-refractivity contribution in [3.63, 3.8) is 0 Å². The van der Waals surface area contributed by atoms with E-state index in [0.717, 1.165) is 52.1 Å². The molecule has 2 unspecified atom stereocenters. The Morgan fingerprint density at radius 3 is 1.05 bits per heavy atom. The van der Waals surface area contributed by atoms with Crippen LogP contribution >= 0.6 is 0 Å². The molecule has 0 amide bonds. The van der Waals surface area contributed by atoms with Crippen molar-refractivity contribution in [1.29, 1.82) is 0 Å². The largest absolute Gasteiger partial charge is 0.393 e. The summed E-state index contributed by atoms with van der Waals surface area (Å²) in [6.45, 7) is 18.6. The predicted molar refractivity (Wildman–Crippen MR) is 88.2 cm³/mol. The fourth-order valence-corrected chi connectivity index (χ4v) is 1.82. The van der Waals surface area contributed by atoms with Crippen LogP contribution in [0.15, 0.2) is 0 Å². The molecule has 4 heteroatoms. The Balaban J connectivity index is 0. The molecule has 0 heterocycles. The second kappa shape index (κ2) is 15.2. The van der Waals surface area contributed by atoms with Crippen molar-refractivity contribution >= 4 is 0 Å². The third-order valence-corrected chi connectivity index (χ3v) is 3.52. The lowest BCUT2D eigenvalue weighted by molar-refractivity contribution is 0.159. The van der Waals surface area contributed by atoms with E-state index >= 15 is 0 Å². The highest BCUT2D eigenvalue weighted by atomic mass is 16.3. The summed E-state index contributed by atoms with van der Waals surface area (Å²) in [6, 6.07) is 0. The molecular formula is C16H38N2O2. The summed E-state index contributed by atoms with van der Waals surface area (Å²) < 4.78 is 0. The monoisotopic (exact) mass is 290 g/mol. The van der Waals surface area contributed by atoms with Crippen molar-refractivity contribution in [3.05, 3.63) is 0 Å². The smallest absolute Gasteiger partial charge is 0.0524 e. The van der Waals surface area contributed by atoms with E-state index in [0.29, 0.717) is 0 Å². The maximum atomic E-state index is 8.97. The van der Waals surface area contributed by atoms with Gasteiger partial charge in [-0.1, -0.05) is 27.7 Å². The number of hydrogen-bond acceptors (Lipinski definition) is 4. The molecule has 0 aliphatic heterocycles. The van der Waals surface area contributed by atoms with Crippen LogP contribution in [0.5, 0.6) is 0 Å². The number of rotatable bonds is 10. The molecule has 0 aromatic carbocycles. The van der Waals surface area contributed by atoms with E-state index in [2.05, 4.69) is 37.5 Å². The van der Waals surface area contributed by atoms with Crippen LogP contribution in [0.3, 0.4) is 0 Å². The highest BCUT2D eigenvalue weighted by molar-refractivity contribution is 4.55. The second-order valence-electron chi connectivity index (χ2n) is 5.33. The van der Waals surface area contributed by atoms with Gasteiger partial charge in [0.25, 0.3) is 0 Å². The molecule has 2 atom stereocenters. The summed E-state index contributed by atoms with van der Waals surface area (Å²) in [5.41, 5.74) is 0. The van der Waals surface area contributed by atoms with Gasteiger partial charge in [-0.2, -0.15) is 0 Å². The average molecular weight is 290 g/mol. The molecule has 0 aliphatic carbocycles. The topological polar surface area (TPSA) is 46.9 Å². The van der Waals surface area contributed by atoms with E-state index in [9.17, 15) is 0 Å². The normalized spacial score (nSPS) is 14.1. The van der Waals surface area contributed by atoms with Gasteiger partial charge in [0.2, 0.25) is 0 Å². The average Bonchev–Trinajstić information content (AvgIpc) is 2.41. The van der Waals surface area contributed by atoms with Gasteiger partial charge in [0.15, 0.2) is 0 Å². The summed E-state index contributed by atoms with van der Waals surface area (Å²) in [5.74, 6) is 0. The van der Waals surface area contributed by atoms with Crippen molar-refractivity contribution in [1.82, 2.24) is 9.80 Å². The fourth-order valence-electron chi connectivity index (χ4n) is 1.82. The molecule has 20 heavy (non-hydrogen) atoms. The van der Waals surface area contributed by atoms with Gasteiger partial charge >= 0.3 is 0 Å². The van der Waals surface area contributed by atoms with Crippen LogP contribution in [0.25, 0.3) is 0 Å². The SMILES string of the molecule is CCN(CC)CCC(C)O.CCN(CC)CCC(C)O. The zero-order valence-corrected chi connectivity index (χ0v) is 14.6. The van der Waals surface area contributed by atoms with Crippen LogP contribution in [0, 0.1) is 0 Å². The van der Waals surface area contributed by atoms with Crippen molar-refractivity contribution < 1.29 is 10.2 Å². The Kier molecular flexibility index (Phi) is 16.9. The number of aliphatic hydroxyl groups is 2. The molecule has 0 fully saturated rings. The summed E-state index contributed by atoms with van der Waals surface area (Å²) in [6.07, 6.45) is 1.48. The van der Waals surface area contributed by atoms with E-state index in [1.165, 1.54) is 0 Å². The second-order valence-corrected chi connectivity index (χ2v) is 5.33. The van der Waals surface area contributed by atoms with E-state index in [-0.39, 0.29) is 12.2 Å². The van der Waals surface area contributed by atoms with Crippen LogP contribution in [0.4, 0.5) is 0 Å². The van der Waals surface area contributed by atoms with Gasteiger partial charge in [0, 0.05) is 13.1 Å². The lowest BCUT2D eigenvalue weighted by Gasteiger charge is -2.18. The lowest BCUT2D eigenvalue weighted by atomic mass is 10.3. The maximum Gasteiger partial charge on any atom is 0.0524 e. The Morgan fingerprint density at radius 2 is 0.900 bits per heavy atom. The van der Waals surface area contributed by atoms with Gasteiger partial charge in [-0.15, -0.1) is 0 Å². The first-order chi connectivity index (χ1) is 9.40. The van der Waals surface area contributed by atoms with Gasteiger partial charge in [0.05, 0.1) is 12.2 Å². The van der Waals surface area contributed by atoms with E-state index in [1.807, 2.05) is 13.8 Å². The number of aliphatic hydroxyl groups excluding tert-OH is 2. The van der Waals surface area contributed by atoms with E-state index in [4.69, 9.17) is 10.2 Å². The molecule has 0 saturated carbocycles. The van der Waals surface area contributed by atoms with Crippen molar-refractivity contribution in [2.45, 2.75) is 66.6 Å². The van der Waals surface area contributed by atoms with Crippen LogP contribution in [-0.4, -0.2) is 71.5 Å². The lowest BCUT2D eigenvalue weighted by Crippen LogP contribution is -2.26. The number of nitrogens with zero attached hydrogens (tertiary/aromatic N) is 2. The van der Waals surface area contributed by atoms with Gasteiger partial charge < -0.3 is 20.0 Å². The summed E-state index contributed by atoms with van der Waals surface area (Å²) in [4.78, 5) is 4.62. The fraction of sp³-hybridized carbons (Fsp3) is 1.00. The molecule has 124 valence electrons. The van der Waals surface area contributed by atoms with Crippen LogP contribution in [0.1, 0.15) is 54.4 Å². The summed E-state index contributed by atoms with van der Waals surface area (Å²) in [5, 5.41) is 17.9. The predicted octanol–water partition coefficient (Wildman–Crippen LogP) is 2.20. The summed E-state index contributed by atoms with van der Waals surface area (Å²) >= 11 is 0. The van der Waals surface area contributed by atoms with Crippen LogP contribution in [-0.2, 0) is 0 Å². The van der Waals surface area contributed by atoms with E-state index in [1.54, 1.807) is 0 Å². The van der Waals surface area contributed by atoms with Gasteiger partial charge in [-0.3, -0.25) is 0 Å². The third-order valence-electron chi connectivity index (χ3n) is 3.52. The zero-order chi connectivity index (χ0) is 16.0. The molecule has 2 N–H and O–H groups in total. The molecule has 0 saturated heterocycles. The van der Waals surface area contributed by atoms with Gasteiger partial charge in [0.1, 0.15) is 0 Å². The molecule has 0 rings (SSSR count). The molecule has 0 aromatic rings. The minimum Gasteiger partial charge on any atom is -0.393 e. The van der Waals surface area contributed by atoms with Gasteiger partial charge in [-0.05, 0) is 52.9 Å². The summed E-state index contributed by atoms with van der Waals surface area (Å²) in [7, 11) is 0. The Labute approximate surface area is 126 Å². The van der Waals surface area contributed by atoms with Crippen molar-refractivity contribution in [2.75, 3.05) is 39.3 Å². The van der Waals surface area contributed by atoms with Gasteiger partial charge in [-0.25, -0.2) is 0 Å². The molecule has 0 aliphatic rings. The van der Waals surface area contributed by atoms with Crippen molar-refractivity contribution in [3.8, 4) is 0 Å². The van der Waals surface area contributed by atoms with Crippen LogP contribution < -0.4 is 0 Å². The molecule has 0 spiro atoms. The zero-order valence-electron chi connectivity index (χ0n) is 14.6. The standard InChI is InChI=1S/2C8H19NO/c2*1-4-9(5-2)7-6-8(3)10/h2*8,10H,4-7H2,1-3H3. The first kappa shape index (κ1) is 22.1. The van der Waals surface area contributed by atoms with E-state index < -0.39 is 0 Å². The highest BCUT2D eigenvalue weighted by Crippen LogP contribution is 1.95. The quantitative estimate of drug-likeness (QED) is 0.647. The molecule has 0 bridgehead atoms. The Hall–Kier alpha value is -0.160. The Bertz CT molecular complexity index is 159. The maximum absolute atomic E-state index is 8.97. The molecular weight excluding hydrogens is 252 g/mol. The molecule has 0 aromatic heterocycles. The third kappa shape index (κ3) is 15.9. The first-order valence-electron chi connectivity index (χ1n) is 8.21. The number of hydrogen-bond donors (Lipinski definition) is 2. The Morgan fingerprint density at radius 1 is 0.650 bits per heavy atom. The first-order valence-corrected chi connectivity index (χ1v) is 8.21. The minimum absolute atomic E-state index is 0.152. The highest BCUT2D eigenvalue weighted by Gasteiger charge is 2.01. The molecule has 0 radical (unpaired) electrons. The van der Waals surface area contributed by atoms with Crippen LogP contribution in [0.2, 0.25) is 0 Å².